The summed E-state index contributed by atoms with van der Waals surface area (Å²) < 4.78 is 18.5. The summed E-state index contributed by atoms with van der Waals surface area (Å²) in [5.74, 6) is 0.642. The number of aromatic nitrogens is 2. The van der Waals surface area contributed by atoms with Crippen LogP contribution >= 0.6 is 0 Å². The molecule has 21 heavy (non-hydrogen) atoms. The van der Waals surface area contributed by atoms with E-state index in [9.17, 15) is 4.39 Å². The van der Waals surface area contributed by atoms with Crippen molar-refractivity contribution in [1.82, 2.24) is 15.1 Å². The second-order valence-electron chi connectivity index (χ2n) is 6.05. The molecular weight excluding hydrogens is 271 g/mol. The van der Waals surface area contributed by atoms with Crippen LogP contribution in [0.25, 0.3) is 11.5 Å². The molecule has 0 saturated heterocycles. The van der Waals surface area contributed by atoms with Gasteiger partial charge >= 0.3 is 0 Å². The third-order valence-electron chi connectivity index (χ3n) is 3.21. The van der Waals surface area contributed by atoms with Crippen LogP contribution in [-0.2, 0) is 6.54 Å². The smallest absolute Gasteiger partial charge is 0.247 e. The van der Waals surface area contributed by atoms with E-state index in [1.54, 1.807) is 12.1 Å². The summed E-state index contributed by atoms with van der Waals surface area (Å²) in [5, 5.41) is 8.02. The highest BCUT2D eigenvalue weighted by Crippen LogP contribution is 2.19. The van der Waals surface area contributed by atoms with Crippen molar-refractivity contribution in [2.24, 2.45) is 11.1 Å². The largest absolute Gasteiger partial charge is 0.419 e. The van der Waals surface area contributed by atoms with Gasteiger partial charge in [0.05, 0.1) is 6.54 Å². The molecule has 0 aliphatic rings. The summed E-state index contributed by atoms with van der Waals surface area (Å²) in [4.78, 5) is 2.09. The standard InChI is InChI=1S/C15H21FN4O/c1-15(2,9-17)10-20(3)8-13-18-19-14(21-13)11-4-6-12(16)7-5-11/h4-7H,8-10,17H2,1-3H3. The van der Waals surface area contributed by atoms with Crippen molar-refractivity contribution in [1.29, 1.82) is 0 Å². The lowest BCUT2D eigenvalue weighted by Crippen LogP contribution is -2.36. The Morgan fingerprint density at radius 3 is 2.52 bits per heavy atom. The molecule has 0 fully saturated rings. The van der Waals surface area contributed by atoms with Crippen LogP contribution in [0.15, 0.2) is 28.7 Å². The normalized spacial score (nSPS) is 12.1. The topological polar surface area (TPSA) is 68.2 Å². The highest BCUT2D eigenvalue weighted by atomic mass is 19.1. The molecule has 1 aromatic heterocycles. The quantitative estimate of drug-likeness (QED) is 0.884. The monoisotopic (exact) mass is 292 g/mol. The lowest BCUT2D eigenvalue weighted by Gasteiger charge is -2.27. The van der Waals surface area contributed by atoms with Gasteiger partial charge in [0.15, 0.2) is 0 Å². The maximum absolute atomic E-state index is 12.9. The first-order valence-electron chi connectivity index (χ1n) is 6.86. The van der Waals surface area contributed by atoms with Gasteiger partial charge < -0.3 is 10.2 Å². The zero-order valence-corrected chi connectivity index (χ0v) is 12.6. The minimum atomic E-state index is -0.290. The van der Waals surface area contributed by atoms with Crippen LogP contribution in [0.4, 0.5) is 4.39 Å². The number of hydrogen-bond acceptors (Lipinski definition) is 5. The SMILES string of the molecule is CN(Cc1nnc(-c2ccc(F)cc2)o1)CC(C)(C)CN. The summed E-state index contributed by atoms with van der Waals surface area (Å²) in [7, 11) is 1.99. The number of nitrogens with two attached hydrogens (primary N) is 1. The molecule has 0 unspecified atom stereocenters. The van der Waals surface area contributed by atoms with Gasteiger partial charge in [-0.3, -0.25) is 4.90 Å². The summed E-state index contributed by atoms with van der Waals surface area (Å²) in [6.07, 6.45) is 0. The van der Waals surface area contributed by atoms with Crippen molar-refractivity contribution < 1.29 is 8.81 Å². The predicted octanol–water partition coefficient (Wildman–Crippen LogP) is 2.29. The fraction of sp³-hybridized carbons (Fsp3) is 0.467. The van der Waals surface area contributed by atoms with Crippen molar-refractivity contribution in [2.75, 3.05) is 20.1 Å². The Morgan fingerprint density at radius 2 is 1.90 bits per heavy atom. The van der Waals surface area contributed by atoms with Gasteiger partial charge in [-0.2, -0.15) is 0 Å². The Labute approximate surface area is 124 Å². The van der Waals surface area contributed by atoms with Crippen LogP contribution in [0, 0.1) is 11.2 Å². The molecule has 0 radical (unpaired) electrons. The Morgan fingerprint density at radius 1 is 1.24 bits per heavy atom. The molecule has 5 nitrogen and oxygen atoms in total. The highest BCUT2D eigenvalue weighted by molar-refractivity contribution is 5.51. The van der Waals surface area contributed by atoms with Crippen LogP contribution < -0.4 is 5.73 Å². The van der Waals surface area contributed by atoms with Crippen LogP contribution in [-0.4, -0.2) is 35.2 Å². The molecule has 6 heteroatoms. The molecule has 2 aromatic rings. The molecule has 2 rings (SSSR count). The maximum Gasteiger partial charge on any atom is 0.247 e. The first kappa shape index (κ1) is 15.6. The molecular formula is C15H21FN4O. The zero-order chi connectivity index (χ0) is 15.5. The molecule has 1 heterocycles. The Hall–Kier alpha value is -1.79. The number of nitrogens with zero attached hydrogens (tertiary/aromatic N) is 3. The van der Waals surface area contributed by atoms with Crippen molar-refractivity contribution >= 4 is 0 Å². The summed E-state index contributed by atoms with van der Waals surface area (Å²) in [6.45, 7) is 6.22. The Bertz CT molecular complexity index is 580. The van der Waals surface area contributed by atoms with Crippen molar-refractivity contribution in [3.05, 3.63) is 36.0 Å². The van der Waals surface area contributed by atoms with Crippen molar-refractivity contribution in [3.63, 3.8) is 0 Å². The predicted molar refractivity (Wildman–Crippen MR) is 78.9 cm³/mol. The molecule has 114 valence electrons. The second kappa shape index (κ2) is 6.32. The Balaban J connectivity index is 2.01. The molecule has 0 amide bonds. The van der Waals surface area contributed by atoms with E-state index in [0.29, 0.717) is 30.4 Å². The van der Waals surface area contributed by atoms with Crippen LogP contribution in [0.2, 0.25) is 0 Å². The molecule has 1 aromatic carbocycles. The van der Waals surface area contributed by atoms with E-state index in [2.05, 4.69) is 28.9 Å². The van der Waals surface area contributed by atoms with E-state index >= 15 is 0 Å². The van der Waals surface area contributed by atoms with E-state index in [0.717, 1.165) is 6.54 Å². The van der Waals surface area contributed by atoms with E-state index < -0.39 is 0 Å². The molecule has 0 aliphatic heterocycles. The van der Waals surface area contributed by atoms with Gasteiger partial charge in [-0.1, -0.05) is 13.8 Å². The number of halogens is 1. The number of hydrogen-bond donors (Lipinski definition) is 1. The van der Waals surface area contributed by atoms with Crippen molar-refractivity contribution in [3.8, 4) is 11.5 Å². The van der Waals surface area contributed by atoms with Gasteiger partial charge in [0, 0.05) is 12.1 Å². The molecule has 0 spiro atoms. The molecule has 2 N–H and O–H groups in total. The third-order valence-corrected chi connectivity index (χ3v) is 3.21. The van der Waals surface area contributed by atoms with Crippen LogP contribution in [0.1, 0.15) is 19.7 Å². The maximum atomic E-state index is 12.9. The number of rotatable bonds is 6. The van der Waals surface area contributed by atoms with E-state index in [-0.39, 0.29) is 11.2 Å². The summed E-state index contributed by atoms with van der Waals surface area (Å²) >= 11 is 0. The zero-order valence-electron chi connectivity index (χ0n) is 12.6. The van der Waals surface area contributed by atoms with Gasteiger partial charge in [-0.25, -0.2) is 4.39 Å². The summed E-state index contributed by atoms with van der Waals surface area (Å²) in [5.41, 5.74) is 6.48. The first-order valence-corrected chi connectivity index (χ1v) is 6.86. The van der Waals surface area contributed by atoms with Gasteiger partial charge in [-0.05, 0) is 43.3 Å². The van der Waals surface area contributed by atoms with Gasteiger partial charge in [0.2, 0.25) is 11.8 Å². The first-order chi connectivity index (χ1) is 9.89. The van der Waals surface area contributed by atoms with Crippen molar-refractivity contribution in [2.45, 2.75) is 20.4 Å². The molecule has 0 atom stereocenters. The summed E-state index contributed by atoms with van der Waals surface area (Å²) in [6, 6.07) is 5.98. The molecule has 0 aliphatic carbocycles. The fourth-order valence-corrected chi connectivity index (χ4v) is 2.11. The lowest BCUT2D eigenvalue weighted by atomic mass is 9.93. The van der Waals surface area contributed by atoms with E-state index in [1.807, 2.05) is 7.05 Å². The van der Waals surface area contributed by atoms with E-state index in [4.69, 9.17) is 10.2 Å². The average molecular weight is 292 g/mol. The molecule has 0 saturated carbocycles. The number of benzene rings is 1. The van der Waals surface area contributed by atoms with Gasteiger partial charge in [0.25, 0.3) is 0 Å². The Kier molecular flexibility index (Phi) is 4.69. The third kappa shape index (κ3) is 4.34. The van der Waals surface area contributed by atoms with Gasteiger partial charge in [0.1, 0.15) is 5.82 Å². The van der Waals surface area contributed by atoms with Gasteiger partial charge in [-0.15, -0.1) is 10.2 Å². The molecule has 0 bridgehead atoms. The average Bonchev–Trinajstić information content (AvgIpc) is 2.87. The fourth-order valence-electron chi connectivity index (χ4n) is 2.11. The van der Waals surface area contributed by atoms with Crippen LogP contribution in [0.3, 0.4) is 0 Å². The van der Waals surface area contributed by atoms with E-state index in [1.165, 1.54) is 12.1 Å². The lowest BCUT2D eigenvalue weighted by molar-refractivity contribution is 0.196. The minimum Gasteiger partial charge on any atom is -0.419 e. The van der Waals surface area contributed by atoms with Crippen LogP contribution in [0.5, 0.6) is 0 Å². The highest BCUT2D eigenvalue weighted by Gasteiger charge is 2.19. The minimum absolute atomic E-state index is 0.0363. The second-order valence-corrected chi connectivity index (χ2v) is 6.05.